The van der Waals surface area contributed by atoms with Crippen LogP contribution in [0.15, 0.2) is 0 Å². The van der Waals surface area contributed by atoms with Crippen molar-refractivity contribution in [3.05, 3.63) is 0 Å². The molecule has 0 aliphatic rings. The van der Waals surface area contributed by atoms with Gasteiger partial charge in [0.05, 0.1) is 25.2 Å². The van der Waals surface area contributed by atoms with Crippen LogP contribution in [0.3, 0.4) is 0 Å². The van der Waals surface area contributed by atoms with Crippen molar-refractivity contribution in [1.82, 2.24) is 4.90 Å². The molecular formula is C7H17NO3. The Labute approximate surface area is 67.1 Å². The maximum absolute atomic E-state index is 8.88. The second-order valence-corrected chi connectivity index (χ2v) is 3.21. The summed E-state index contributed by atoms with van der Waals surface area (Å²) in [5.74, 6) is 0. The van der Waals surface area contributed by atoms with Gasteiger partial charge in [-0.3, -0.25) is 0 Å². The van der Waals surface area contributed by atoms with Crippen LogP contribution in [0.2, 0.25) is 0 Å². The first kappa shape index (κ1) is 10.8. The van der Waals surface area contributed by atoms with E-state index in [0.29, 0.717) is 6.54 Å². The standard InChI is InChI=1S/C7H17NO3/c1-8(2)3-7(4-9,5-10)6-11/h9-11H,3-6H2,1-2H3. The molecule has 4 heteroatoms. The molecule has 0 heterocycles. The Kier molecular flexibility index (Phi) is 4.60. The number of hydrogen-bond donors (Lipinski definition) is 3. The summed E-state index contributed by atoms with van der Waals surface area (Å²) in [6.45, 7) is -0.106. The summed E-state index contributed by atoms with van der Waals surface area (Å²) in [6, 6.07) is 0. The minimum Gasteiger partial charge on any atom is -0.396 e. The van der Waals surface area contributed by atoms with E-state index < -0.39 is 5.41 Å². The van der Waals surface area contributed by atoms with Gasteiger partial charge < -0.3 is 20.2 Å². The van der Waals surface area contributed by atoms with Gasteiger partial charge in [-0.05, 0) is 14.1 Å². The zero-order valence-electron chi connectivity index (χ0n) is 7.12. The Morgan fingerprint density at radius 2 is 1.36 bits per heavy atom. The van der Waals surface area contributed by atoms with Gasteiger partial charge in [0.15, 0.2) is 0 Å². The molecule has 0 aliphatic carbocycles. The van der Waals surface area contributed by atoms with Crippen LogP contribution in [0.5, 0.6) is 0 Å². The van der Waals surface area contributed by atoms with E-state index in [4.69, 9.17) is 15.3 Å². The number of rotatable bonds is 5. The van der Waals surface area contributed by atoms with Crippen LogP contribution in [0.25, 0.3) is 0 Å². The first-order chi connectivity index (χ1) is 5.10. The van der Waals surface area contributed by atoms with Crippen molar-refractivity contribution in [2.45, 2.75) is 0 Å². The largest absolute Gasteiger partial charge is 0.396 e. The van der Waals surface area contributed by atoms with Crippen LogP contribution in [0.4, 0.5) is 0 Å². The molecule has 0 bridgehead atoms. The number of nitrogens with zero attached hydrogens (tertiary/aromatic N) is 1. The molecule has 0 aromatic carbocycles. The predicted octanol–water partition coefficient (Wildman–Crippen LogP) is -1.49. The molecule has 0 fully saturated rings. The number of aliphatic hydroxyl groups excluding tert-OH is 3. The van der Waals surface area contributed by atoms with Gasteiger partial charge in [0.2, 0.25) is 0 Å². The average Bonchev–Trinajstić information content (AvgIpc) is 2.00. The van der Waals surface area contributed by atoms with E-state index in [9.17, 15) is 0 Å². The van der Waals surface area contributed by atoms with Crippen molar-refractivity contribution in [3.8, 4) is 0 Å². The molecule has 0 radical (unpaired) electrons. The summed E-state index contributed by atoms with van der Waals surface area (Å²) in [7, 11) is 3.66. The molecule has 0 aromatic heterocycles. The van der Waals surface area contributed by atoms with E-state index >= 15 is 0 Å². The third-order valence-electron chi connectivity index (χ3n) is 1.66. The van der Waals surface area contributed by atoms with Crippen LogP contribution in [0, 0.1) is 5.41 Å². The van der Waals surface area contributed by atoms with Crippen molar-refractivity contribution >= 4 is 0 Å². The van der Waals surface area contributed by atoms with Crippen LogP contribution in [0.1, 0.15) is 0 Å². The fourth-order valence-corrected chi connectivity index (χ4v) is 0.971. The molecule has 0 saturated carbocycles. The van der Waals surface area contributed by atoms with Gasteiger partial charge >= 0.3 is 0 Å². The Bertz CT molecular complexity index is 93.6. The van der Waals surface area contributed by atoms with Crippen molar-refractivity contribution in [1.29, 1.82) is 0 Å². The molecule has 0 unspecified atom stereocenters. The molecular weight excluding hydrogens is 146 g/mol. The highest BCUT2D eigenvalue weighted by Crippen LogP contribution is 2.14. The molecule has 0 spiro atoms. The summed E-state index contributed by atoms with van der Waals surface area (Å²) >= 11 is 0. The summed E-state index contributed by atoms with van der Waals surface area (Å²) in [4.78, 5) is 1.82. The highest BCUT2D eigenvalue weighted by atomic mass is 16.3. The minimum atomic E-state index is -0.760. The fourth-order valence-electron chi connectivity index (χ4n) is 0.971. The highest BCUT2D eigenvalue weighted by Gasteiger charge is 2.28. The summed E-state index contributed by atoms with van der Waals surface area (Å²) < 4.78 is 0. The quantitative estimate of drug-likeness (QED) is 0.462. The predicted molar refractivity (Wildman–Crippen MR) is 42.2 cm³/mol. The van der Waals surface area contributed by atoms with E-state index in [-0.39, 0.29) is 19.8 Å². The van der Waals surface area contributed by atoms with Gasteiger partial charge in [-0.25, -0.2) is 0 Å². The smallest absolute Gasteiger partial charge is 0.0544 e. The lowest BCUT2D eigenvalue weighted by molar-refractivity contribution is -0.0109. The zero-order valence-corrected chi connectivity index (χ0v) is 7.12. The molecule has 0 aliphatic heterocycles. The van der Waals surface area contributed by atoms with Gasteiger partial charge in [0, 0.05) is 6.54 Å². The lowest BCUT2D eigenvalue weighted by Crippen LogP contribution is -2.42. The number of aliphatic hydroxyl groups is 3. The van der Waals surface area contributed by atoms with E-state index in [0.717, 1.165) is 0 Å². The second-order valence-electron chi connectivity index (χ2n) is 3.21. The monoisotopic (exact) mass is 163 g/mol. The van der Waals surface area contributed by atoms with Crippen molar-refractivity contribution in [3.63, 3.8) is 0 Å². The third-order valence-corrected chi connectivity index (χ3v) is 1.66. The van der Waals surface area contributed by atoms with Gasteiger partial charge in [-0.1, -0.05) is 0 Å². The maximum atomic E-state index is 8.88. The summed E-state index contributed by atoms with van der Waals surface area (Å²) in [5, 5.41) is 26.6. The van der Waals surface area contributed by atoms with Crippen molar-refractivity contribution in [2.24, 2.45) is 5.41 Å². The zero-order chi connectivity index (χ0) is 8.91. The normalized spacial score (nSPS) is 12.5. The molecule has 4 nitrogen and oxygen atoms in total. The van der Waals surface area contributed by atoms with Crippen LogP contribution < -0.4 is 0 Å². The Morgan fingerprint density at radius 3 is 1.45 bits per heavy atom. The van der Waals surface area contributed by atoms with Crippen molar-refractivity contribution < 1.29 is 15.3 Å². The molecule has 0 rings (SSSR count). The Morgan fingerprint density at radius 1 is 1.00 bits per heavy atom. The van der Waals surface area contributed by atoms with Crippen LogP contribution >= 0.6 is 0 Å². The Hall–Kier alpha value is -0.160. The van der Waals surface area contributed by atoms with Gasteiger partial charge in [0.1, 0.15) is 0 Å². The molecule has 0 aromatic rings. The number of hydrogen-bond acceptors (Lipinski definition) is 4. The SMILES string of the molecule is CN(C)CC(CO)(CO)CO. The molecule has 0 saturated heterocycles. The van der Waals surface area contributed by atoms with Gasteiger partial charge in [-0.2, -0.15) is 0 Å². The van der Waals surface area contributed by atoms with Gasteiger partial charge in [-0.15, -0.1) is 0 Å². The lowest BCUT2D eigenvalue weighted by atomic mass is 9.91. The highest BCUT2D eigenvalue weighted by molar-refractivity contribution is 4.79. The maximum Gasteiger partial charge on any atom is 0.0544 e. The molecule has 0 amide bonds. The van der Waals surface area contributed by atoms with E-state index in [1.807, 2.05) is 19.0 Å². The fraction of sp³-hybridized carbons (Fsp3) is 1.00. The molecule has 68 valence electrons. The van der Waals surface area contributed by atoms with E-state index in [1.54, 1.807) is 0 Å². The second kappa shape index (κ2) is 4.66. The van der Waals surface area contributed by atoms with Crippen LogP contribution in [-0.2, 0) is 0 Å². The molecule has 0 atom stereocenters. The first-order valence-corrected chi connectivity index (χ1v) is 3.57. The van der Waals surface area contributed by atoms with E-state index in [1.165, 1.54) is 0 Å². The van der Waals surface area contributed by atoms with Gasteiger partial charge in [0.25, 0.3) is 0 Å². The topological polar surface area (TPSA) is 63.9 Å². The van der Waals surface area contributed by atoms with Crippen molar-refractivity contribution in [2.75, 3.05) is 40.5 Å². The lowest BCUT2D eigenvalue weighted by Gasteiger charge is -2.30. The van der Waals surface area contributed by atoms with E-state index in [2.05, 4.69) is 0 Å². The average molecular weight is 163 g/mol. The summed E-state index contributed by atoms with van der Waals surface area (Å²) in [5.41, 5.74) is -0.760. The third kappa shape index (κ3) is 3.16. The molecule has 11 heavy (non-hydrogen) atoms. The van der Waals surface area contributed by atoms with Crippen LogP contribution in [-0.4, -0.2) is 60.7 Å². The Balaban J connectivity index is 4.05. The first-order valence-electron chi connectivity index (χ1n) is 3.57. The minimum absolute atomic E-state index is 0.196. The molecule has 3 N–H and O–H groups in total. The summed E-state index contributed by atoms with van der Waals surface area (Å²) in [6.07, 6.45) is 0.